The van der Waals surface area contributed by atoms with Crippen LogP contribution in [0.3, 0.4) is 0 Å². The molecule has 0 spiro atoms. The lowest BCUT2D eigenvalue weighted by molar-refractivity contribution is -0.137. The zero-order valence-corrected chi connectivity index (χ0v) is 15.0. The van der Waals surface area contributed by atoms with Crippen molar-refractivity contribution >= 4 is 11.7 Å². The van der Waals surface area contributed by atoms with E-state index in [0.29, 0.717) is 13.1 Å². The van der Waals surface area contributed by atoms with Crippen molar-refractivity contribution in [2.45, 2.75) is 19.6 Å². The van der Waals surface area contributed by atoms with Gasteiger partial charge in [0.25, 0.3) is 0 Å². The number of halogens is 3. The van der Waals surface area contributed by atoms with E-state index in [2.05, 4.69) is 19.8 Å². The largest absolute Gasteiger partial charge is 0.416 e. The summed E-state index contributed by atoms with van der Waals surface area (Å²) in [5.41, 5.74) is -0.632. The van der Waals surface area contributed by atoms with Crippen molar-refractivity contribution in [1.82, 2.24) is 19.4 Å². The molecule has 1 aliphatic rings. The monoisotopic (exact) mass is 381 g/mol. The molecule has 0 aliphatic carbocycles. The number of rotatable bonds is 4. The number of urea groups is 1. The van der Waals surface area contributed by atoms with Gasteiger partial charge in [0, 0.05) is 57.3 Å². The van der Waals surface area contributed by atoms with E-state index in [4.69, 9.17) is 0 Å². The summed E-state index contributed by atoms with van der Waals surface area (Å²) in [7, 11) is 0. The SMILES string of the molecule is Cc1nccn1CCN1CCN(C(=O)Nc2cccc(C(F)(F)F)c2)CC1. The van der Waals surface area contributed by atoms with Crippen LogP contribution in [0.25, 0.3) is 0 Å². The topological polar surface area (TPSA) is 53.4 Å². The third-order valence-corrected chi connectivity index (χ3v) is 4.68. The van der Waals surface area contributed by atoms with Crippen LogP contribution in [0.4, 0.5) is 23.7 Å². The highest BCUT2D eigenvalue weighted by Gasteiger charge is 2.30. The van der Waals surface area contributed by atoms with E-state index in [1.165, 1.54) is 12.1 Å². The molecule has 2 amide bonds. The van der Waals surface area contributed by atoms with Crippen molar-refractivity contribution in [3.63, 3.8) is 0 Å². The van der Waals surface area contributed by atoms with Gasteiger partial charge in [0.15, 0.2) is 0 Å². The average molecular weight is 381 g/mol. The van der Waals surface area contributed by atoms with Gasteiger partial charge in [-0.1, -0.05) is 6.07 Å². The van der Waals surface area contributed by atoms with Gasteiger partial charge in [0.2, 0.25) is 0 Å². The number of nitrogens with one attached hydrogen (secondary N) is 1. The fourth-order valence-electron chi connectivity index (χ4n) is 3.04. The third kappa shape index (κ3) is 5.00. The van der Waals surface area contributed by atoms with E-state index >= 15 is 0 Å². The Morgan fingerprint density at radius 2 is 1.93 bits per heavy atom. The van der Waals surface area contributed by atoms with Crippen LogP contribution in [0.5, 0.6) is 0 Å². The average Bonchev–Trinajstić information content (AvgIpc) is 3.05. The summed E-state index contributed by atoms with van der Waals surface area (Å²) in [6.45, 7) is 6.17. The molecular weight excluding hydrogens is 359 g/mol. The zero-order valence-electron chi connectivity index (χ0n) is 15.0. The highest BCUT2D eigenvalue weighted by atomic mass is 19.4. The van der Waals surface area contributed by atoms with Crippen LogP contribution < -0.4 is 5.32 Å². The molecule has 1 saturated heterocycles. The zero-order chi connectivity index (χ0) is 19.4. The molecule has 2 aromatic rings. The molecule has 1 aromatic carbocycles. The molecular formula is C18H22F3N5O. The van der Waals surface area contributed by atoms with Crippen LogP contribution in [-0.2, 0) is 12.7 Å². The number of anilines is 1. The number of benzene rings is 1. The minimum Gasteiger partial charge on any atom is -0.334 e. The van der Waals surface area contributed by atoms with Crippen molar-refractivity contribution in [2.24, 2.45) is 0 Å². The number of alkyl halides is 3. The minimum atomic E-state index is -4.43. The number of piperazine rings is 1. The fraction of sp³-hybridized carbons (Fsp3) is 0.444. The molecule has 6 nitrogen and oxygen atoms in total. The predicted octanol–water partition coefficient (Wildman–Crippen LogP) is 3.06. The number of aryl methyl sites for hydroxylation is 1. The van der Waals surface area contributed by atoms with Gasteiger partial charge in [-0.05, 0) is 25.1 Å². The highest BCUT2D eigenvalue weighted by Crippen LogP contribution is 2.30. The molecule has 0 radical (unpaired) electrons. The molecule has 27 heavy (non-hydrogen) atoms. The first-order valence-corrected chi connectivity index (χ1v) is 8.76. The van der Waals surface area contributed by atoms with Crippen LogP contribution in [0.1, 0.15) is 11.4 Å². The normalized spacial score (nSPS) is 15.8. The smallest absolute Gasteiger partial charge is 0.334 e. The Hall–Kier alpha value is -2.55. The summed E-state index contributed by atoms with van der Waals surface area (Å²) in [5.74, 6) is 0.967. The van der Waals surface area contributed by atoms with Crippen LogP contribution in [0.2, 0.25) is 0 Å². The number of nitrogens with zero attached hydrogens (tertiary/aromatic N) is 4. The number of hydrogen-bond donors (Lipinski definition) is 1. The molecule has 0 saturated carbocycles. The molecule has 1 aromatic heterocycles. The fourth-order valence-corrected chi connectivity index (χ4v) is 3.04. The van der Waals surface area contributed by atoms with E-state index in [-0.39, 0.29) is 11.7 Å². The van der Waals surface area contributed by atoms with Crippen LogP contribution in [0.15, 0.2) is 36.7 Å². The molecule has 9 heteroatoms. The third-order valence-electron chi connectivity index (χ3n) is 4.68. The quantitative estimate of drug-likeness (QED) is 0.886. The lowest BCUT2D eigenvalue weighted by Crippen LogP contribution is -2.50. The Bertz CT molecular complexity index is 781. The predicted molar refractivity (Wildman–Crippen MR) is 95.4 cm³/mol. The molecule has 1 N–H and O–H groups in total. The van der Waals surface area contributed by atoms with Crippen molar-refractivity contribution < 1.29 is 18.0 Å². The summed E-state index contributed by atoms with van der Waals surface area (Å²) >= 11 is 0. The first-order chi connectivity index (χ1) is 12.8. The van der Waals surface area contributed by atoms with Crippen LogP contribution >= 0.6 is 0 Å². The van der Waals surface area contributed by atoms with Gasteiger partial charge >= 0.3 is 12.2 Å². The van der Waals surface area contributed by atoms with Crippen molar-refractivity contribution in [3.8, 4) is 0 Å². The lowest BCUT2D eigenvalue weighted by Gasteiger charge is -2.34. The number of carbonyl (C=O) groups excluding carboxylic acids is 1. The number of amides is 2. The second-order valence-corrected chi connectivity index (χ2v) is 6.51. The summed E-state index contributed by atoms with van der Waals surface area (Å²) in [5, 5.41) is 2.56. The highest BCUT2D eigenvalue weighted by molar-refractivity contribution is 5.89. The van der Waals surface area contributed by atoms with Crippen molar-refractivity contribution in [2.75, 3.05) is 38.0 Å². The van der Waals surface area contributed by atoms with E-state index in [0.717, 1.165) is 44.1 Å². The van der Waals surface area contributed by atoms with Gasteiger partial charge in [0.1, 0.15) is 5.82 Å². The van der Waals surface area contributed by atoms with Gasteiger partial charge in [0.05, 0.1) is 5.56 Å². The minimum absolute atomic E-state index is 0.146. The summed E-state index contributed by atoms with van der Waals surface area (Å²) in [4.78, 5) is 20.4. The Morgan fingerprint density at radius 3 is 2.56 bits per heavy atom. The van der Waals surface area contributed by atoms with E-state index in [1.807, 2.05) is 13.1 Å². The number of imidazole rings is 1. The second-order valence-electron chi connectivity index (χ2n) is 6.51. The molecule has 146 valence electrons. The Balaban J connectivity index is 1.48. The maximum absolute atomic E-state index is 12.8. The Morgan fingerprint density at radius 1 is 1.19 bits per heavy atom. The van der Waals surface area contributed by atoms with Crippen molar-refractivity contribution in [1.29, 1.82) is 0 Å². The standard InChI is InChI=1S/C18H22F3N5O/c1-14-22-5-6-25(14)10-7-24-8-11-26(12-9-24)17(27)23-16-4-2-3-15(13-16)18(19,20)21/h2-6,13H,7-12H2,1H3,(H,23,27). The van der Waals surface area contributed by atoms with E-state index < -0.39 is 11.7 Å². The van der Waals surface area contributed by atoms with Gasteiger partial charge in [-0.25, -0.2) is 9.78 Å². The second kappa shape index (κ2) is 7.99. The summed E-state index contributed by atoms with van der Waals surface area (Å²) < 4.78 is 40.4. The van der Waals surface area contributed by atoms with Gasteiger partial charge in [-0.2, -0.15) is 13.2 Å². The van der Waals surface area contributed by atoms with Gasteiger partial charge in [-0.15, -0.1) is 0 Å². The molecule has 0 unspecified atom stereocenters. The molecule has 2 heterocycles. The van der Waals surface area contributed by atoms with E-state index in [1.54, 1.807) is 11.1 Å². The molecule has 0 atom stereocenters. The number of aromatic nitrogens is 2. The molecule has 0 bridgehead atoms. The maximum Gasteiger partial charge on any atom is 0.416 e. The first-order valence-electron chi connectivity index (χ1n) is 8.76. The molecule has 3 rings (SSSR count). The summed E-state index contributed by atoms with van der Waals surface area (Å²) in [6.07, 6.45) is -0.723. The first kappa shape index (κ1) is 19.2. The molecule has 1 aliphatic heterocycles. The van der Waals surface area contributed by atoms with Crippen LogP contribution in [-0.4, -0.2) is 58.1 Å². The van der Waals surface area contributed by atoms with E-state index in [9.17, 15) is 18.0 Å². The Labute approximate surface area is 155 Å². The lowest BCUT2D eigenvalue weighted by atomic mass is 10.2. The van der Waals surface area contributed by atoms with Crippen molar-refractivity contribution in [3.05, 3.63) is 48.0 Å². The number of carbonyl (C=O) groups is 1. The van der Waals surface area contributed by atoms with Gasteiger partial charge < -0.3 is 14.8 Å². The Kier molecular flexibility index (Phi) is 5.69. The molecule has 1 fully saturated rings. The van der Waals surface area contributed by atoms with Gasteiger partial charge in [-0.3, -0.25) is 4.90 Å². The number of hydrogen-bond acceptors (Lipinski definition) is 3. The maximum atomic E-state index is 12.8. The summed E-state index contributed by atoms with van der Waals surface area (Å²) in [6, 6.07) is 4.29. The van der Waals surface area contributed by atoms with Crippen LogP contribution in [0, 0.1) is 6.92 Å².